The van der Waals surface area contributed by atoms with E-state index in [1.165, 1.54) is 0 Å². The Hall–Kier alpha value is -4.77. The summed E-state index contributed by atoms with van der Waals surface area (Å²) in [7, 11) is -33.2. The van der Waals surface area contributed by atoms with Crippen molar-refractivity contribution in [3.05, 3.63) is 243 Å². The molecule has 2 bridgehead atoms. The maximum atomic E-state index is 13.7. The fraction of sp³-hybridized carbons (Fsp3) is 0. The van der Waals surface area contributed by atoms with E-state index in [0.29, 0.717) is 36.3 Å². The van der Waals surface area contributed by atoms with E-state index in [9.17, 15) is 9.59 Å². The third-order valence-electron chi connectivity index (χ3n) is 11.2. The summed E-state index contributed by atoms with van der Waals surface area (Å²) in [6.07, 6.45) is 0. The Bertz CT molecular complexity index is 2870. The van der Waals surface area contributed by atoms with Crippen LogP contribution in [0.4, 0.5) is 0 Å². The predicted molar refractivity (Wildman–Crippen MR) is 281 cm³/mol. The molecule has 3 aliphatic rings. The highest BCUT2D eigenvalue weighted by atomic mass is 28.6. The molecule has 0 aromatic heterocycles. The summed E-state index contributed by atoms with van der Waals surface area (Å²) in [5.41, 5.74) is 0. The summed E-state index contributed by atoms with van der Waals surface area (Å²) in [6.45, 7) is 0. The summed E-state index contributed by atoms with van der Waals surface area (Å²) in [5.74, 6) is 0. The second-order valence-electron chi connectivity index (χ2n) is 15.9. The maximum absolute atomic E-state index is 13.7. The van der Waals surface area contributed by atoms with E-state index in [1.54, 1.807) is 36.4 Å². The molecule has 3 heterocycles. The van der Waals surface area contributed by atoms with Crippen LogP contribution >= 0.6 is 0 Å². The first kappa shape index (κ1) is 47.9. The molecule has 21 heteroatoms. The molecule has 0 aliphatic carbocycles. The zero-order valence-electron chi connectivity index (χ0n) is 37.0. The number of hydrogen-bond donors (Lipinski definition) is 2. The fourth-order valence-electron chi connectivity index (χ4n) is 7.76. The Labute approximate surface area is 414 Å². The SMILES string of the molecule is O[Si](O[SiH2]c1ccccc1)(O[Si]1(c2ccccc2)O[Si-](c2ccccc2)O[SiH2]O[Si]2(c3ccccc3)O[Si-](c3ccccc3)O[Si](c3ccccc3)(O[Si](O)(c3ccccc3)O2)O1)c1ccccc1. The van der Waals surface area contributed by atoms with E-state index < -0.39 is 82.4 Å². The minimum atomic E-state index is -4.92. The van der Waals surface area contributed by atoms with Gasteiger partial charge in [0, 0.05) is 25.9 Å². The van der Waals surface area contributed by atoms with Crippen molar-refractivity contribution in [2.75, 3.05) is 0 Å². The van der Waals surface area contributed by atoms with Gasteiger partial charge in [-0.15, -0.1) is 10.4 Å². The Morgan fingerprint density at radius 1 is 0.449 bits per heavy atom. The summed E-state index contributed by atoms with van der Waals surface area (Å²) in [6, 6.07) is 74.8. The van der Waals surface area contributed by atoms with Gasteiger partial charge in [-0.25, -0.2) is 0 Å². The van der Waals surface area contributed by atoms with Gasteiger partial charge in [0.2, 0.25) is 0 Å². The van der Waals surface area contributed by atoms with Crippen LogP contribution in [-0.2, 0) is 41.2 Å². The average molecular weight is 1070 g/mol. The first-order valence-corrected chi connectivity index (χ1v) is 35.9. The highest BCUT2D eigenvalue weighted by Gasteiger charge is 2.66. The molecule has 12 nitrogen and oxygen atoms in total. The van der Waals surface area contributed by atoms with Gasteiger partial charge in [-0.1, -0.05) is 243 Å². The highest BCUT2D eigenvalue weighted by molar-refractivity contribution is 7.03. The smallest absolute Gasteiger partial charge is 0.520 e. The van der Waals surface area contributed by atoms with Gasteiger partial charge in [-0.3, -0.25) is 0 Å². The minimum Gasteiger partial charge on any atom is -0.571 e. The van der Waals surface area contributed by atoms with Crippen LogP contribution in [0.3, 0.4) is 0 Å². The number of hydrogen-bond acceptors (Lipinski definition) is 12. The quantitative estimate of drug-likeness (QED) is 0.166. The molecule has 0 spiro atoms. The molecule has 8 aromatic carbocycles. The normalized spacial score (nSPS) is 24.6. The lowest BCUT2D eigenvalue weighted by atomic mass is 10.4. The van der Waals surface area contributed by atoms with Gasteiger partial charge in [-0.05, 0) is 23.8 Å². The number of fused-ring (bicyclic) bond motifs is 10. The minimum absolute atomic E-state index is 0.343. The molecule has 2 N–H and O–H groups in total. The van der Waals surface area contributed by atoms with Crippen LogP contribution in [0.1, 0.15) is 0 Å². The van der Waals surface area contributed by atoms with E-state index in [1.807, 2.05) is 206 Å². The highest BCUT2D eigenvalue weighted by Crippen LogP contribution is 2.32. The largest absolute Gasteiger partial charge is 0.571 e. The summed E-state index contributed by atoms with van der Waals surface area (Å²) in [5, 5.41) is 4.57. The lowest BCUT2D eigenvalue weighted by Crippen LogP contribution is -2.82. The maximum Gasteiger partial charge on any atom is 0.520 e. The standard InChI is InChI=1S/C48H46O12Si9/c49-65(44-31-15-4-16-32-44,52-61-41-25-9-1-10-26-41)57-68(47-37-21-7-22-38-47)54-63(42-27-11-2-12-28-42)51-62-53-67(46-35-19-6-20-36-46)55-64(43-29-13-3-14-30-43)56-69(60-68,48-39-23-8-24-40-48)59-66(50,58-67)45-33-17-5-18-34-45/h1-40,49-50H,61-62H2/q-2. The van der Waals surface area contributed by atoms with E-state index in [2.05, 4.69) is 0 Å². The lowest BCUT2D eigenvalue weighted by Gasteiger charge is -2.56. The van der Waals surface area contributed by atoms with Gasteiger partial charge in [0.25, 0.3) is 10.0 Å². The first-order chi connectivity index (χ1) is 33.8. The number of rotatable bonds is 12. The van der Waals surface area contributed by atoms with E-state index in [4.69, 9.17) is 41.2 Å². The Morgan fingerprint density at radius 2 is 0.870 bits per heavy atom. The van der Waals surface area contributed by atoms with Gasteiger partial charge in [0.1, 0.15) is 0 Å². The van der Waals surface area contributed by atoms with Crippen LogP contribution in [0, 0.1) is 0 Å². The molecule has 0 saturated carbocycles. The van der Waals surface area contributed by atoms with Gasteiger partial charge in [-0.2, -0.15) is 0 Å². The molecule has 5 atom stereocenters. The van der Waals surface area contributed by atoms with Crippen LogP contribution in [0.25, 0.3) is 0 Å². The molecule has 3 fully saturated rings. The summed E-state index contributed by atoms with van der Waals surface area (Å²) in [4.78, 5) is 27.3. The molecule has 11 rings (SSSR count). The van der Waals surface area contributed by atoms with Crippen LogP contribution in [0.15, 0.2) is 243 Å². The Balaban J connectivity index is 1.27. The van der Waals surface area contributed by atoms with Gasteiger partial charge in [0.15, 0.2) is 9.76 Å². The Kier molecular flexibility index (Phi) is 14.8. The van der Waals surface area contributed by atoms with Crippen molar-refractivity contribution in [3.63, 3.8) is 0 Å². The molecular weight excluding hydrogens is 1020 g/mol. The van der Waals surface area contributed by atoms with E-state index in [-0.39, 0.29) is 0 Å². The Morgan fingerprint density at radius 3 is 1.42 bits per heavy atom. The van der Waals surface area contributed by atoms with Gasteiger partial charge >= 0.3 is 44.0 Å². The third kappa shape index (κ3) is 10.6. The van der Waals surface area contributed by atoms with Crippen molar-refractivity contribution >= 4 is 124 Å². The zero-order valence-corrected chi connectivity index (χ0v) is 46.8. The van der Waals surface area contributed by atoms with Crippen molar-refractivity contribution in [2.45, 2.75) is 0 Å². The molecule has 8 aromatic rings. The molecule has 69 heavy (non-hydrogen) atoms. The number of benzene rings is 8. The third-order valence-corrected chi connectivity index (χ3v) is 38.6. The second-order valence-corrected chi connectivity index (χ2v) is 37.2. The first-order valence-electron chi connectivity index (χ1n) is 22.2. The van der Waals surface area contributed by atoms with Crippen LogP contribution < -0.4 is 41.5 Å². The zero-order chi connectivity index (χ0) is 47.0. The topological polar surface area (TPSA) is 133 Å². The molecular formula is C48H46O12Si9-2. The monoisotopic (exact) mass is 1070 g/mol. The van der Waals surface area contributed by atoms with Crippen LogP contribution in [0.5, 0.6) is 0 Å². The fourth-order valence-corrected chi connectivity index (χ4v) is 40.7. The van der Waals surface area contributed by atoms with Crippen molar-refractivity contribution in [1.29, 1.82) is 0 Å². The van der Waals surface area contributed by atoms with E-state index in [0.717, 1.165) is 5.19 Å². The average Bonchev–Trinajstić information content (AvgIpc) is 3.41. The predicted octanol–water partition coefficient (Wildman–Crippen LogP) is 0.594. The molecule has 0 radical (unpaired) electrons. The van der Waals surface area contributed by atoms with Crippen molar-refractivity contribution < 1.29 is 50.7 Å². The van der Waals surface area contributed by atoms with Crippen molar-refractivity contribution in [2.24, 2.45) is 0 Å². The van der Waals surface area contributed by atoms with Gasteiger partial charge in [0.05, 0.1) is 0 Å². The molecule has 3 saturated heterocycles. The van der Waals surface area contributed by atoms with Crippen LogP contribution in [0.2, 0.25) is 0 Å². The molecule has 0 amide bonds. The van der Waals surface area contributed by atoms with Gasteiger partial charge < -0.3 is 50.7 Å². The molecule has 5 unspecified atom stereocenters. The summed E-state index contributed by atoms with van der Waals surface area (Å²) >= 11 is 0. The lowest BCUT2D eigenvalue weighted by molar-refractivity contribution is 0.107. The summed E-state index contributed by atoms with van der Waals surface area (Å²) < 4.78 is 74.1. The van der Waals surface area contributed by atoms with Crippen molar-refractivity contribution in [1.82, 2.24) is 0 Å². The van der Waals surface area contributed by atoms with Crippen molar-refractivity contribution in [3.8, 4) is 0 Å². The molecule has 348 valence electrons. The van der Waals surface area contributed by atoms with Crippen LogP contribution in [-0.4, -0.2) is 92.0 Å². The molecule has 3 aliphatic heterocycles. The van der Waals surface area contributed by atoms with E-state index >= 15 is 0 Å². The second kappa shape index (κ2) is 21.3.